The molecule has 0 aliphatic rings. The van der Waals surface area contributed by atoms with E-state index in [0.29, 0.717) is 0 Å². The average Bonchev–Trinajstić information content (AvgIpc) is 2.44. The van der Waals surface area contributed by atoms with Crippen LogP contribution in [0.25, 0.3) is 0 Å². The highest BCUT2D eigenvalue weighted by Crippen LogP contribution is 2.22. The summed E-state index contributed by atoms with van der Waals surface area (Å²) in [7, 11) is 3.39. The number of aliphatic imine (C=N–C) groups is 1. The van der Waals surface area contributed by atoms with Gasteiger partial charge in [-0.25, -0.2) is 4.99 Å². The van der Waals surface area contributed by atoms with Gasteiger partial charge in [-0.2, -0.15) is 0 Å². The predicted octanol–water partition coefficient (Wildman–Crippen LogP) is 1.63. The zero-order chi connectivity index (χ0) is 15.1. The van der Waals surface area contributed by atoms with Crippen molar-refractivity contribution in [3.8, 4) is 0 Å². The summed E-state index contributed by atoms with van der Waals surface area (Å²) in [6, 6.07) is 6.19. The first-order chi connectivity index (χ1) is 9.49. The number of amides is 1. The van der Waals surface area contributed by atoms with Gasteiger partial charge in [0.1, 0.15) is 6.54 Å². The van der Waals surface area contributed by atoms with Gasteiger partial charge in [0.15, 0.2) is 5.96 Å². The lowest BCUT2D eigenvalue weighted by atomic mass is 10.0. The van der Waals surface area contributed by atoms with E-state index in [1.54, 1.807) is 14.1 Å². The van der Waals surface area contributed by atoms with Gasteiger partial charge in [0, 0.05) is 19.8 Å². The van der Waals surface area contributed by atoms with Gasteiger partial charge < -0.3 is 16.0 Å². The largest absolute Gasteiger partial charge is 0.370 e. The Balaban J connectivity index is 2.87. The molecule has 0 saturated heterocycles. The molecule has 0 bridgehead atoms. The van der Waals surface area contributed by atoms with Crippen LogP contribution in [-0.2, 0) is 17.6 Å². The lowest BCUT2D eigenvalue weighted by molar-refractivity contribution is -0.127. The van der Waals surface area contributed by atoms with Crippen molar-refractivity contribution < 1.29 is 4.79 Å². The molecule has 1 aromatic rings. The van der Waals surface area contributed by atoms with Crippen LogP contribution < -0.4 is 11.1 Å². The highest BCUT2D eigenvalue weighted by atomic mass is 16.2. The Morgan fingerprint density at radius 3 is 2.25 bits per heavy atom. The molecular formula is C15H24N4O. The van der Waals surface area contributed by atoms with Crippen molar-refractivity contribution in [2.45, 2.75) is 26.7 Å². The number of rotatable bonds is 5. The second-order valence-corrected chi connectivity index (χ2v) is 4.77. The zero-order valence-electron chi connectivity index (χ0n) is 12.7. The minimum Gasteiger partial charge on any atom is -0.370 e. The maximum Gasteiger partial charge on any atom is 0.243 e. The van der Waals surface area contributed by atoms with E-state index in [2.05, 4.69) is 36.3 Å². The topological polar surface area (TPSA) is 70.7 Å². The second-order valence-electron chi connectivity index (χ2n) is 4.77. The molecule has 0 radical (unpaired) electrons. The number of likely N-dealkylation sites (N-methyl/N-ethyl adjacent to an activating group) is 1. The van der Waals surface area contributed by atoms with Gasteiger partial charge in [0.2, 0.25) is 5.91 Å². The maximum absolute atomic E-state index is 11.5. The molecule has 5 heteroatoms. The van der Waals surface area contributed by atoms with Crippen LogP contribution in [0.2, 0.25) is 0 Å². The number of aryl methyl sites for hydroxylation is 2. The number of guanidine groups is 1. The molecular weight excluding hydrogens is 252 g/mol. The third-order valence-electron chi connectivity index (χ3n) is 3.14. The van der Waals surface area contributed by atoms with Crippen molar-refractivity contribution in [2.24, 2.45) is 10.7 Å². The maximum atomic E-state index is 11.5. The van der Waals surface area contributed by atoms with Gasteiger partial charge in [0.25, 0.3) is 0 Å². The third kappa shape index (κ3) is 4.26. The Bertz CT molecular complexity index is 472. The van der Waals surface area contributed by atoms with Crippen molar-refractivity contribution in [2.75, 3.05) is 26.0 Å². The number of nitrogens with one attached hydrogen (secondary N) is 1. The van der Waals surface area contributed by atoms with Crippen LogP contribution in [0.5, 0.6) is 0 Å². The molecule has 0 heterocycles. The molecule has 0 spiro atoms. The highest BCUT2D eigenvalue weighted by Gasteiger charge is 2.08. The highest BCUT2D eigenvalue weighted by molar-refractivity contribution is 5.95. The molecule has 0 unspecified atom stereocenters. The first kappa shape index (κ1) is 16.0. The number of hydrogen-bond donors (Lipinski definition) is 2. The first-order valence-corrected chi connectivity index (χ1v) is 6.87. The van der Waals surface area contributed by atoms with Crippen molar-refractivity contribution in [3.63, 3.8) is 0 Å². The third-order valence-corrected chi connectivity index (χ3v) is 3.14. The number of hydrogen-bond acceptors (Lipinski definition) is 2. The molecule has 0 aromatic heterocycles. The summed E-state index contributed by atoms with van der Waals surface area (Å²) < 4.78 is 0. The van der Waals surface area contributed by atoms with Crippen LogP contribution in [0, 0.1) is 0 Å². The number of benzene rings is 1. The molecule has 1 amide bonds. The Morgan fingerprint density at radius 1 is 1.25 bits per heavy atom. The summed E-state index contributed by atoms with van der Waals surface area (Å²) in [6.45, 7) is 4.26. The van der Waals surface area contributed by atoms with Crippen molar-refractivity contribution >= 4 is 17.6 Å². The minimum atomic E-state index is -0.0748. The fraction of sp³-hybridized carbons (Fsp3) is 0.467. The van der Waals surface area contributed by atoms with E-state index in [1.165, 1.54) is 16.0 Å². The lowest BCUT2D eigenvalue weighted by Gasteiger charge is -2.15. The van der Waals surface area contributed by atoms with E-state index in [0.717, 1.165) is 18.5 Å². The predicted molar refractivity (Wildman–Crippen MR) is 84.0 cm³/mol. The Labute approximate surface area is 120 Å². The minimum absolute atomic E-state index is 0.0571. The first-order valence-electron chi connectivity index (χ1n) is 6.87. The summed E-state index contributed by atoms with van der Waals surface area (Å²) in [5.41, 5.74) is 9.27. The van der Waals surface area contributed by atoms with Gasteiger partial charge >= 0.3 is 0 Å². The fourth-order valence-corrected chi connectivity index (χ4v) is 1.86. The summed E-state index contributed by atoms with van der Waals surface area (Å²) in [5.74, 6) is 0.199. The monoisotopic (exact) mass is 276 g/mol. The molecule has 0 aliphatic carbocycles. The molecule has 0 atom stereocenters. The molecule has 3 N–H and O–H groups in total. The lowest BCUT2D eigenvalue weighted by Crippen LogP contribution is -2.29. The Hall–Kier alpha value is -2.04. The summed E-state index contributed by atoms with van der Waals surface area (Å²) in [4.78, 5) is 17.1. The van der Waals surface area contributed by atoms with Crippen molar-refractivity contribution in [1.29, 1.82) is 0 Å². The van der Waals surface area contributed by atoms with Gasteiger partial charge in [-0.05, 0) is 24.0 Å². The van der Waals surface area contributed by atoms with E-state index in [4.69, 9.17) is 5.73 Å². The van der Waals surface area contributed by atoms with E-state index in [-0.39, 0.29) is 18.4 Å². The van der Waals surface area contributed by atoms with Crippen molar-refractivity contribution in [3.05, 3.63) is 29.3 Å². The van der Waals surface area contributed by atoms with Crippen LogP contribution >= 0.6 is 0 Å². The Kier molecular flexibility index (Phi) is 6.03. The van der Waals surface area contributed by atoms with Crippen LogP contribution in [0.1, 0.15) is 25.0 Å². The van der Waals surface area contributed by atoms with Crippen LogP contribution in [0.3, 0.4) is 0 Å². The molecule has 5 nitrogen and oxygen atoms in total. The van der Waals surface area contributed by atoms with E-state index >= 15 is 0 Å². The number of carbonyl (C=O) groups excluding carboxylic acids is 1. The molecule has 0 aliphatic heterocycles. The van der Waals surface area contributed by atoms with Crippen molar-refractivity contribution in [1.82, 2.24) is 4.90 Å². The number of para-hydroxylation sites is 1. The smallest absolute Gasteiger partial charge is 0.243 e. The molecule has 110 valence electrons. The molecule has 1 rings (SSSR count). The molecule has 20 heavy (non-hydrogen) atoms. The van der Waals surface area contributed by atoms with Crippen LogP contribution in [0.15, 0.2) is 23.2 Å². The van der Waals surface area contributed by atoms with E-state index in [9.17, 15) is 4.79 Å². The summed E-state index contributed by atoms with van der Waals surface area (Å²) in [5, 5.41) is 3.13. The quantitative estimate of drug-likeness (QED) is 0.634. The van der Waals surface area contributed by atoms with E-state index < -0.39 is 0 Å². The molecule has 0 fully saturated rings. The van der Waals surface area contributed by atoms with Gasteiger partial charge in [-0.15, -0.1) is 0 Å². The van der Waals surface area contributed by atoms with Gasteiger partial charge in [0.05, 0.1) is 0 Å². The number of nitrogens with two attached hydrogens (primary N) is 1. The van der Waals surface area contributed by atoms with Crippen LogP contribution in [0.4, 0.5) is 5.69 Å². The fourth-order valence-electron chi connectivity index (χ4n) is 1.86. The zero-order valence-corrected chi connectivity index (χ0v) is 12.7. The number of nitrogens with zero attached hydrogens (tertiary/aromatic N) is 2. The van der Waals surface area contributed by atoms with Crippen LogP contribution in [-0.4, -0.2) is 37.4 Å². The number of anilines is 1. The number of carbonyl (C=O) groups is 1. The Morgan fingerprint density at radius 2 is 1.80 bits per heavy atom. The second kappa shape index (κ2) is 7.53. The summed E-state index contributed by atoms with van der Waals surface area (Å²) >= 11 is 0. The average molecular weight is 276 g/mol. The molecule has 0 saturated carbocycles. The normalized spacial score (nSPS) is 11.3. The summed E-state index contributed by atoms with van der Waals surface area (Å²) in [6.07, 6.45) is 1.83. The van der Waals surface area contributed by atoms with Gasteiger partial charge in [-0.3, -0.25) is 4.79 Å². The van der Waals surface area contributed by atoms with E-state index in [1.807, 2.05) is 6.07 Å². The molecule has 1 aromatic carbocycles. The SMILES string of the molecule is CCc1cccc(CC)c1NC(N)=NCC(=O)N(C)C. The standard InChI is InChI=1S/C15H24N4O/c1-5-11-8-7-9-12(6-2)14(11)18-15(16)17-10-13(20)19(3)4/h7-9H,5-6,10H2,1-4H3,(H3,16,17,18). The van der Waals surface area contributed by atoms with Gasteiger partial charge in [-0.1, -0.05) is 32.0 Å².